The molecule has 0 saturated heterocycles. The molecular formula is C14H22BrN5. The van der Waals surface area contributed by atoms with Crippen molar-refractivity contribution in [3.8, 4) is 0 Å². The van der Waals surface area contributed by atoms with Crippen molar-refractivity contribution in [1.82, 2.24) is 24.9 Å². The molecule has 0 bridgehead atoms. The highest BCUT2D eigenvalue weighted by Crippen LogP contribution is 2.22. The third kappa shape index (κ3) is 2.81. The Bertz CT molecular complexity index is 612. The fourth-order valence-electron chi connectivity index (χ4n) is 2.49. The van der Waals surface area contributed by atoms with Crippen LogP contribution >= 0.6 is 15.9 Å². The molecule has 6 heteroatoms. The van der Waals surface area contributed by atoms with Gasteiger partial charge in [-0.2, -0.15) is 10.2 Å². The van der Waals surface area contributed by atoms with Crippen LogP contribution in [0.1, 0.15) is 28.3 Å². The SMILES string of the molecule is CNCCc1c(C)nn(Cc2c(Br)c(C)nn2C)c1C. The molecule has 0 saturated carbocycles. The minimum atomic E-state index is 0.740. The van der Waals surface area contributed by atoms with Gasteiger partial charge in [-0.15, -0.1) is 0 Å². The number of hydrogen-bond donors (Lipinski definition) is 1. The van der Waals surface area contributed by atoms with Crippen molar-refractivity contribution in [3.63, 3.8) is 0 Å². The van der Waals surface area contributed by atoms with E-state index in [-0.39, 0.29) is 0 Å². The van der Waals surface area contributed by atoms with E-state index >= 15 is 0 Å². The summed E-state index contributed by atoms with van der Waals surface area (Å²) in [5.41, 5.74) is 5.86. The van der Waals surface area contributed by atoms with Gasteiger partial charge >= 0.3 is 0 Å². The fourth-order valence-corrected chi connectivity index (χ4v) is 2.95. The maximum atomic E-state index is 4.68. The number of aryl methyl sites for hydroxylation is 3. The van der Waals surface area contributed by atoms with Gasteiger partial charge in [-0.05, 0) is 62.3 Å². The van der Waals surface area contributed by atoms with Gasteiger partial charge in [0, 0.05) is 12.7 Å². The third-order valence-electron chi connectivity index (χ3n) is 3.72. The second-order valence-corrected chi connectivity index (χ2v) is 5.92. The van der Waals surface area contributed by atoms with Gasteiger partial charge in [-0.1, -0.05) is 0 Å². The van der Waals surface area contributed by atoms with Crippen LogP contribution in [0.2, 0.25) is 0 Å². The van der Waals surface area contributed by atoms with Crippen molar-refractivity contribution in [3.05, 3.63) is 32.8 Å². The molecule has 0 aromatic carbocycles. The first-order chi connectivity index (χ1) is 9.45. The van der Waals surface area contributed by atoms with Crippen molar-refractivity contribution in [2.24, 2.45) is 7.05 Å². The molecule has 0 spiro atoms. The zero-order chi connectivity index (χ0) is 14.9. The number of hydrogen-bond acceptors (Lipinski definition) is 3. The first-order valence-corrected chi connectivity index (χ1v) is 7.60. The Morgan fingerprint density at radius 1 is 1.15 bits per heavy atom. The summed E-state index contributed by atoms with van der Waals surface area (Å²) in [5, 5.41) is 12.3. The van der Waals surface area contributed by atoms with E-state index in [1.54, 1.807) is 0 Å². The molecule has 2 rings (SSSR count). The lowest BCUT2D eigenvalue weighted by Crippen LogP contribution is -2.12. The Morgan fingerprint density at radius 2 is 1.85 bits per heavy atom. The number of rotatable bonds is 5. The number of nitrogens with one attached hydrogen (secondary N) is 1. The van der Waals surface area contributed by atoms with Crippen LogP contribution in [0.3, 0.4) is 0 Å². The van der Waals surface area contributed by atoms with Crippen LogP contribution in [0.5, 0.6) is 0 Å². The third-order valence-corrected chi connectivity index (χ3v) is 4.75. The smallest absolute Gasteiger partial charge is 0.0842 e. The van der Waals surface area contributed by atoms with Crippen molar-refractivity contribution in [1.29, 1.82) is 0 Å². The molecular weight excluding hydrogens is 318 g/mol. The van der Waals surface area contributed by atoms with E-state index in [2.05, 4.69) is 50.0 Å². The molecule has 1 N–H and O–H groups in total. The van der Waals surface area contributed by atoms with Gasteiger partial charge in [0.05, 0.1) is 28.1 Å². The molecule has 0 fully saturated rings. The van der Waals surface area contributed by atoms with Crippen LogP contribution in [0, 0.1) is 20.8 Å². The summed E-state index contributed by atoms with van der Waals surface area (Å²) < 4.78 is 5.06. The molecule has 0 unspecified atom stereocenters. The highest BCUT2D eigenvalue weighted by Gasteiger charge is 2.15. The second-order valence-electron chi connectivity index (χ2n) is 5.13. The van der Waals surface area contributed by atoms with Gasteiger partial charge in [0.25, 0.3) is 0 Å². The summed E-state index contributed by atoms with van der Waals surface area (Å²) >= 11 is 3.62. The minimum Gasteiger partial charge on any atom is -0.319 e. The topological polar surface area (TPSA) is 47.7 Å². The number of nitrogens with zero attached hydrogens (tertiary/aromatic N) is 4. The van der Waals surface area contributed by atoms with E-state index in [4.69, 9.17) is 0 Å². The molecule has 0 aliphatic rings. The molecule has 110 valence electrons. The Balaban J connectivity index is 2.30. The summed E-state index contributed by atoms with van der Waals surface area (Å²) in [4.78, 5) is 0. The van der Waals surface area contributed by atoms with Crippen LogP contribution in [0.15, 0.2) is 4.47 Å². The van der Waals surface area contributed by atoms with Crippen LogP contribution < -0.4 is 5.32 Å². The summed E-state index contributed by atoms with van der Waals surface area (Å²) in [5.74, 6) is 0. The molecule has 20 heavy (non-hydrogen) atoms. The lowest BCUT2D eigenvalue weighted by molar-refractivity contribution is 0.601. The summed E-state index contributed by atoms with van der Waals surface area (Å²) in [6.45, 7) is 7.94. The highest BCUT2D eigenvalue weighted by atomic mass is 79.9. The summed E-state index contributed by atoms with van der Waals surface area (Å²) in [6.07, 6.45) is 1.01. The average Bonchev–Trinajstić information content (AvgIpc) is 2.79. The predicted octanol–water partition coefficient (Wildman–Crippen LogP) is 2.11. The maximum Gasteiger partial charge on any atom is 0.0842 e. The minimum absolute atomic E-state index is 0.740. The van der Waals surface area contributed by atoms with Gasteiger partial charge in [0.2, 0.25) is 0 Å². The largest absolute Gasteiger partial charge is 0.319 e. The maximum absolute atomic E-state index is 4.68. The molecule has 5 nitrogen and oxygen atoms in total. The van der Waals surface area contributed by atoms with Gasteiger partial charge in [0.15, 0.2) is 0 Å². The molecule has 0 aliphatic heterocycles. The van der Waals surface area contributed by atoms with Crippen LogP contribution in [0.25, 0.3) is 0 Å². The monoisotopic (exact) mass is 339 g/mol. The Hall–Kier alpha value is -1.14. The normalized spacial score (nSPS) is 11.3. The molecule has 0 amide bonds. The lowest BCUT2D eigenvalue weighted by atomic mass is 10.1. The predicted molar refractivity (Wildman–Crippen MR) is 84.1 cm³/mol. The standard InChI is InChI=1S/C14H22BrN5/c1-9-12(6-7-16-4)11(3)20(18-9)8-13-14(15)10(2)17-19(13)5/h16H,6-8H2,1-5H3. The van der Waals surface area contributed by atoms with E-state index < -0.39 is 0 Å². The number of aromatic nitrogens is 4. The molecule has 0 aliphatic carbocycles. The summed E-state index contributed by atoms with van der Waals surface area (Å²) in [7, 11) is 3.95. The van der Waals surface area contributed by atoms with E-state index in [1.165, 1.54) is 11.3 Å². The molecule has 2 aromatic heterocycles. The lowest BCUT2D eigenvalue weighted by Gasteiger charge is -2.07. The zero-order valence-corrected chi connectivity index (χ0v) is 14.4. The quantitative estimate of drug-likeness (QED) is 0.907. The van der Waals surface area contributed by atoms with Gasteiger partial charge in [-0.3, -0.25) is 9.36 Å². The number of likely N-dealkylation sites (N-methyl/N-ethyl adjacent to an activating group) is 1. The highest BCUT2D eigenvalue weighted by molar-refractivity contribution is 9.10. The van der Waals surface area contributed by atoms with Crippen LogP contribution in [-0.4, -0.2) is 33.2 Å². The van der Waals surface area contributed by atoms with E-state index in [1.807, 2.05) is 25.7 Å². The Kier molecular flexibility index (Phi) is 4.65. The van der Waals surface area contributed by atoms with Crippen molar-refractivity contribution in [2.75, 3.05) is 13.6 Å². The Labute approximate surface area is 128 Å². The van der Waals surface area contributed by atoms with E-state index in [9.17, 15) is 0 Å². The van der Waals surface area contributed by atoms with Crippen molar-refractivity contribution >= 4 is 15.9 Å². The molecule has 0 atom stereocenters. The van der Waals surface area contributed by atoms with Crippen molar-refractivity contribution in [2.45, 2.75) is 33.7 Å². The second kappa shape index (κ2) is 6.10. The van der Waals surface area contributed by atoms with Crippen molar-refractivity contribution < 1.29 is 0 Å². The van der Waals surface area contributed by atoms with E-state index in [0.717, 1.165) is 41.1 Å². The van der Waals surface area contributed by atoms with Crippen LogP contribution in [0.4, 0.5) is 0 Å². The first-order valence-electron chi connectivity index (χ1n) is 6.81. The van der Waals surface area contributed by atoms with Crippen LogP contribution in [-0.2, 0) is 20.0 Å². The first kappa shape index (κ1) is 15.3. The molecule has 0 radical (unpaired) electrons. The van der Waals surface area contributed by atoms with Gasteiger partial charge in [0.1, 0.15) is 0 Å². The molecule has 2 heterocycles. The van der Waals surface area contributed by atoms with Gasteiger partial charge < -0.3 is 5.32 Å². The number of halogens is 1. The molecule has 2 aromatic rings. The van der Waals surface area contributed by atoms with E-state index in [0.29, 0.717) is 0 Å². The van der Waals surface area contributed by atoms with Gasteiger partial charge in [-0.25, -0.2) is 0 Å². The fraction of sp³-hybridized carbons (Fsp3) is 0.571. The average molecular weight is 340 g/mol. The summed E-state index contributed by atoms with van der Waals surface area (Å²) in [6, 6.07) is 0. The zero-order valence-electron chi connectivity index (χ0n) is 12.8. The Morgan fingerprint density at radius 3 is 2.40 bits per heavy atom.